The number of likely N-dealkylation sites (N-methyl/N-ethyl adjacent to an activating group) is 1. The van der Waals surface area contributed by atoms with E-state index in [1.54, 1.807) is 0 Å². The second-order valence-corrected chi connectivity index (χ2v) is 6.06. The van der Waals surface area contributed by atoms with Crippen molar-refractivity contribution in [2.45, 2.75) is 13.3 Å². The maximum absolute atomic E-state index is 12.1. The van der Waals surface area contributed by atoms with Gasteiger partial charge < -0.3 is 10.6 Å². The Bertz CT molecular complexity index is 435. The molecule has 0 heterocycles. The molecule has 0 fully saturated rings. The van der Waals surface area contributed by atoms with Gasteiger partial charge >= 0.3 is 0 Å². The average Bonchev–Trinajstić information content (AvgIpc) is 2.45. The summed E-state index contributed by atoms with van der Waals surface area (Å²) in [7, 11) is 1.06. The summed E-state index contributed by atoms with van der Waals surface area (Å²) in [6, 6.07) is 7.60. The highest BCUT2D eigenvalue weighted by molar-refractivity contribution is 7.84. The Hall–Kier alpha value is -1.20. The molecular formula is C14H22N2O2S. The van der Waals surface area contributed by atoms with E-state index < -0.39 is 10.8 Å². The molecule has 0 saturated heterocycles. The van der Waals surface area contributed by atoms with Crippen LogP contribution in [0.5, 0.6) is 0 Å². The molecule has 19 heavy (non-hydrogen) atoms. The molecule has 0 bridgehead atoms. The minimum Gasteiger partial charge on any atom is -0.351 e. The molecule has 1 rings (SSSR count). The monoisotopic (exact) mass is 282 g/mol. The molecule has 1 aromatic rings. The van der Waals surface area contributed by atoms with Crippen molar-refractivity contribution < 1.29 is 9.00 Å². The van der Waals surface area contributed by atoms with Gasteiger partial charge in [-0.15, -0.1) is 0 Å². The van der Waals surface area contributed by atoms with Crippen LogP contribution in [0.4, 0.5) is 0 Å². The average molecular weight is 282 g/mol. The van der Waals surface area contributed by atoms with Crippen molar-refractivity contribution in [3.05, 3.63) is 35.4 Å². The highest BCUT2D eigenvalue weighted by Gasteiger charge is 2.10. The van der Waals surface area contributed by atoms with Gasteiger partial charge in [-0.1, -0.05) is 25.1 Å². The van der Waals surface area contributed by atoms with E-state index in [4.69, 9.17) is 0 Å². The van der Waals surface area contributed by atoms with Crippen LogP contribution in [0.2, 0.25) is 0 Å². The van der Waals surface area contributed by atoms with Crippen LogP contribution in [-0.2, 0) is 17.2 Å². The van der Waals surface area contributed by atoms with Crippen molar-refractivity contribution in [1.29, 1.82) is 0 Å². The lowest BCUT2D eigenvalue weighted by molar-refractivity contribution is 0.0955. The summed E-state index contributed by atoms with van der Waals surface area (Å²) < 4.78 is 11.3. The number of nitrogens with one attached hydrogen (secondary N) is 2. The molecule has 0 aliphatic rings. The van der Waals surface area contributed by atoms with Gasteiger partial charge in [-0.2, -0.15) is 0 Å². The predicted octanol–water partition coefficient (Wildman–Crippen LogP) is 0.947. The lowest BCUT2D eigenvalue weighted by Crippen LogP contribution is -2.29. The molecule has 5 heteroatoms. The van der Waals surface area contributed by atoms with Crippen molar-refractivity contribution in [2.75, 3.05) is 31.6 Å². The zero-order valence-corrected chi connectivity index (χ0v) is 12.4. The van der Waals surface area contributed by atoms with Crippen LogP contribution >= 0.6 is 0 Å². The quantitative estimate of drug-likeness (QED) is 0.746. The van der Waals surface area contributed by atoms with Gasteiger partial charge in [0, 0.05) is 34.4 Å². The molecule has 106 valence electrons. The highest BCUT2D eigenvalue weighted by atomic mass is 32.2. The fourth-order valence-corrected chi connectivity index (χ4v) is 2.36. The van der Waals surface area contributed by atoms with E-state index in [9.17, 15) is 9.00 Å². The van der Waals surface area contributed by atoms with Crippen LogP contribution < -0.4 is 10.6 Å². The van der Waals surface area contributed by atoms with E-state index in [0.29, 0.717) is 23.6 Å². The summed E-state index contributed by atoms with van der Waals surface area (Å²) in [6.45, 7) is 3.18. The van der Waals surface area contributed by atoms with Gasteiger partial charge in [-0.25, -0.2) is 0 Å². The Morgan fingerprint density at radius 1 is 1.26 bits per heavy atom. The molecule has 1 atom stereocenters. The van der Waals surface area contributed by atoms with E-state index in [1.807, 2.05) is 38.2 Å². The maximum atomic E-state index is 12.1. The molecule has 4 nitrogen and oxygen atoms in total. The third-order valence-corrected chi connectivity index (χ3v) is 4.15. The van der Waals surface area contributed by atoms with Gasteiger partial charge in [0.05, 0.1) is 0 Å². The highest BCUT2D eigenvalue weighted by Crippen LogP contribution is 2.09. The van der Waals surface area contributed by atoms with Crippen molar-refractivity contribution in [2.24, 2.45) is 0 Å². The van der Waals surface area contributed by atoms with Gasteiger partial charge in [-0.3, -0.25) is 9.00 Å². The number of carbonyl (C=O) groups is 1. The Kier molecular flexibility index (Phi) is 7.36. The molecule has 1 unspecified atom stereocenters. The first-order valence-corrected chi connectivity index (χ1v) is 8.03. The van der Waals surface area contributed by atoms with Crippen molar-refractivity contribution >= 4 is 16.7 Å². The van der Waals surface area contributed by atoms with Crippen LogP contribution in [0, 0.1) is 0 Å². The summed E-state index contributed by atoms with van der Waals surface area (Å²) >= 11 is 0. The van der Waals surface area contributed by atoms with E-state index in [2.05, 4.69) is 10.6 Å². The fourth-order valence-electron chi connectivity index (χ4n) is 1.74. The normalized spacial score (nSPS) is 12.1. The second-order valence-electron chi connectivity index (χ2n) is 4.20. The van der Waals surface area contributed by atoms with Gasteiger partial charge in [0.2, 0.25) is 0 Å². The van der Waals surface area contributed by atoms with Gasteiger partial charge in [0.25, 0.3) is 5.91 Å². The Labute approximate surface area is 117 Å². The van der Waals surface area contributed by atoms with Crippen LogP contribution in [0.3, 0.4) is 0 Å². The first-order valence-electron chi connectivity index (χ1n) is 6.54. The summed E-state index contributed by atoms with van der Waals surface area (Å²) in [6.07, 6.45) is 0.820. The predicted molar refractivity (Wildman–Crippen MR) is 80.0 cm³/mol. The second kappa shape index (κ2) is 8.82. The largest absolute Gasteiger partial charge is 0.351 e. The third-order valence-electron chi connectivity index (χ3n) is 2.84. The summed E-state index contributed by atoms with van der Waals surface area (Å²) in [4.78, 5) is 12.1. The third kappa shape index (κ3) is 5.53. The molecule has 0 saturated carbocycles. The molecule has 0 aliphatic carbocycles. The van der Waals surface area contributed by atoms with Gasteiger partial charge in [-0.05, 0) is 31.6 Å². The Balaban J connectivity index is 2.58. The maximum Gasteiger partial charge on any atom is 0.251 e. The Morgan fingerprint density at radius 2 is 2.00 bits per heavy atom. The summed E-state index contributed by atoms with van der Waals surface area (Å²) in [5.41, 5.74) is 1.74. The van der Waals surface area contributed by atoms with Crippen molar-refractivity contribution in [3.63, 3.8) is 0 Å². The molecule has 0 aromatic heterocycles. The molecule has 2 N–H and O–H groups in total. The molecular weight excluding hydrogens is 260 g/mol. The van der Waals surface area contributed by atoms with Crippen LogP contribution in [-0.4, -0.2) is 41.8 Å². The number of hydrogen-bond donors (Lipinski definition) is 2. The van der Waals surface area contributed by atoms with Gasteiger partial charge in [0.15, 0.2) is 0 Å². The van der Waals surface area contributed by atoms with E-state index >= 15 is 0 Å². The van der Waals surface area contributed by atoms with Crippen molar-refractivity contribution in [3.8, 4) is 0 Å². The van der Waals surface area contributed by atoms with Crippen LogP contribution in [0.1, 0.15) is 22.8 Å². The Morgan fingerprint density at radius 3 is 2.68 bits per heavy atom. The molecule has 0 radical (unpaired) electrons. The number of carbonyl (C=O) groups excluding carboxylic acids is 1. The standard InChI is InChI=1S/C14H22N2O2S/c1-3-19(18)11-10-16-14(17)13-7-5-4-6-12(13)8-9-15-2/h4-7,15H,3,8-11H2,1-2H3,(H,16,17). The number of hydrogen-bond acceptors (Lipinski definition) is 3. The summed E-state index contributed by atoms with van der Waals surface area (Å²) in [5, 5.41) is 5.90. The van der Waals surface area contributed by atoms with E-state index in [1.165, 1.54) is 0 Å². The first kappa shape index (κ1) is 15.9. The number of amides is 1. The first-order chi connectivity index (χ1) is 9.19. The minimum absolute atomic E-state index is 0.0835. The van der Waals surface area contributed by atoms with Crippen molar-refractivity contribution in [1.82, 2.24) is 10.6 Å². The van der Waals surface area contributed by atoms with Crippen LogP contribution in [0.15, 0.2) is 24.3 Å². The smallest absolute Gasteiger partial charge is 0.251 e. The number of benzene rings is 1. The molecule has 0 spiro atoms. The molecule has 0 aliphatic heterocycles. The number of rotatable bonds is 8. The fraction of sp³-hybridized carbons (Fsp3) is 0.500. The minimum atomic E-state index is -0.835. The zero-order valence-electron chi connectivity index (χ0n) is 11.6. The SMILES string of the molecule is CCS(=O)CCNC(=O)c1ccccc1CCNC. The van der Waals surface area contributed by atoms with E-state index in [0.717, 1.165) is 18.5 Å². The molecule has 1 aromatic carbocycles. The zero-order chi connectivity index (χ0) is 14.1. The lowest BCUT2D eigenvalue weighted by Gasteiger charge is -2.09. The lowest BCUT2D eigenvalue weighted by atomic mass is 10.0. The van der Waals surface area contributed by atoms with E-state index in [-0.39, 0.29) is 5.91 Å². The topological polar surface area (TPSA) is 58.2 Å². The summed E-state index contributed by atoms with van der Waals surface area (Å²) in [5.74, 6) is 1.06. The molecule has 1 amide bonds. The van der Waals surface area contributed by atoms with Gasteiger partial charge in [0.1, 0.15) is 0 Å². The van der Waals surface area contributed by atoms with Crippen LogP contribution in [0.25, 0.3) is 0 Å².